The summed E-state index contributed by atoms with van der Waals surface area (Å²) in [5.41, 5.74) is 5.04. The van der Waals surface area contributed by atoms with E-state index in [0.29, 0.717) is 22.5 Å². The summed E-state index contributed by atoms with van der Waals surface area (Å²) in [4.78, 5) is 86.2. The third-order valence-corrected chi connectivity index (χ3v) is 10.5. The zero-order chi connectivity index (χ0) is 41.6. The minimum atomic E-state index is -0.934. The van der Waals surface area contributed by atoms with E-state index in [1.54, 1.807) is 94.7 Å². The molecule has 8 rings (SSSR count). The van der Waals surface area contributed by atoms with E-state index in [2.05, 4.69) is 10.6 Å². The number of anilines is 2. The van der Waals surface area contributed by atoms with Gasteiger partial charge in [0.15, 0.2) is 0 Å². The molecule has 0 radical (unpaired) electrons. The number of carbonyl (C=O) groups is 6. The lowest BCUT2D eigenvalue weighted by atomic mass is 10.0. The van der Waals surface area contributed by atoms with Gasteiger partial charge < -0.3 is 20.4 Å². The maximum atomic E-state index is 14.1. The van der Waals surface area contributed by atoms with Crippen molar-refractivity contribution in [3.05, 3.63) is 192 Å². The Morgan fingerprint density at radius 3 is 1.08 bits per heavy atom. The molecule has 2 aliphatic rings. The summed E-state index contributed by atoms with van der Waals surface area (Å²) in [5.74, 6) is -1.50. The first-order chi connectivity index (χ1) is 29.2. The zero-order valence-electron chi connectivity index (χ0n) is 32.4. The molecule has 2 heterocycles. The molecule has 298 valence electrons. The van der Waals surface area contributed by atoms with Gasteiger partial charge in [-0.25, -0.2) is 19.4 Å². The number of benzene rings is 6. The van der Waals surface area contributed by atoms with Gasteiger partial charge >= 0.3 is 12.1 Å². The highest BCUT2D eigenvalue weighted by Crippen LogP contribution is 2.25. The molecule has 12 heteroatoms. The normalized spacial score (nSPS) is 16.1. The Labute approximate surface area is 346 Å². The quantitative estimate of drug-likeness (QED) is 0.122. The van der Waals surface area contributed by atoms with Gasteiger partial charge in [0.05, 0.1) is 24.5 Å². The van der Waals surface area contributed by atoms with Crippen LogP contribution in [0.2, 0.25) is 0 Å². The molecule has 12 nitrogen and oxygen atoms in total. The molecule has 2 N–H and O–H groups in total. The number of carbonyl (C=O) groups excluding carboxylic acids is 6. The minimum Gasteiger partial charge on any atom is -0.332 e. The van der Waals surface area contributed by atoms with E-state index in [4.69, 9.17) is 0 Å². The SMILES string of the molecule is O=C(c1ccc(-c2ccc(C(=O)N(Cc3ccccc3)CC3NC(=O)N(c4ccccc4)C3=O)cc2)cc1)N(Cc1ccccc1)CC1NC(=O)N(c2ccccc2)C1=O. The zero-order valence-corrected chi connectivity index (χ0v) is 32.4. The molecule has 0 spiro atoms. The standard InChI is InChI=1S/C48H40N6O6/c55-43(51(29-33-13-5-1-6-14-33)31-41-45(57)53(47(59)49-41)39-17-9-3-10-18-39)37-25-21-35(22-26-37)36-23-27-38(28-24-36)44(56)52(30-34-15-7-2-8-16-34)32-42-46(58)54(48(60)50-42)40-19-11-4-12-20-40/h1-28,41-42H,29-32H2,(H,49,59)(H,50,60). The summed E-state index contributed by atoms with van der Waals surface area (Å²) in [7, 11) is 0. The van der Waals surface area contributed by atoms with Crippen molar-refractivity contribution in [1.82, 2.24) is 20.4 Å². The highest BCUT2D eigenvalue weighted by atomic mass is 16.2. The van der Waals surface area contributed by atoms with Gasteiger partial charge in [-0.2, -0.15) is 0 Å². The van der Waals surface area contributed by atoms with Crippen molar-refractivity contribution in [3.63, 3.8) is 0 Å². The van der Waals surface area contributed by atoms with E-state index in [0.717, 1.165) is 32.1 Å². The Morgan fingerprint density at radius 2 is 0.750 bits per heavy atom. The Kier molecular flexibility index (Phi) is 11.3. The van der Waals surface area contributed by atoms with Crippen molar-refractivity contribution in [3.8, 4) is 11.1 Å². The van der Waals surface area contributed by atoms with Gasteiger partial charge in [0.1, 0.15) is 12.1 Å². The highest BCUT2D eigenvalue weighted by molar-refractivity contribution is 6.22. The van der Waals surface area contributed by atoms with E-state index in [9.17, 15) is 28.8 Å². The van der Waals surface area contributed by atoms with Crippen LogP contribution in [0, 0.1) is 0 Å². The molecule has 0 saturated carbocycles. The van der Waals surface area contributed by atoms with Crippen LogP contribution >= 0.6 is 0 Å². The lowest BCUT2D eigenvalue weighted by molar-refractivity contribution is -0.119. The smallest absolute Gasteiger partial charge is 0.329 e. The van der Waals surface area contributed by atoms with Crippen molar-refractivity contribution in [2.24, 2.45) is 0 Å². The second-order valence-corrected chi connectivity index (χ2v) is 14.5. The summed E-state index contributed by atoms with van der Waals surface area (Å²) in [6.45, 7) is 0.366. The fourth-order valence-corrected chi connectivity index (χ4v) is 7.42. The first-order valence-electron chi connectivity index (χ1n) is 19.5. The topological polar surface area (TPSA) is 139 Å². The largest absolute Gasteiger partial charge is 0.332 e. The number of hydrogen-bond acceptors (Lipinski definition) is 6. The molecule has 8 amide bonds. The fraction of sp³-hybridized carbons (Fsp3) is 0.125. The third kappa shape index (κ3) is 8.39. The van der Waals surface area contributed by atoms with Crippen LogP contribution in [0.5, 0.6) is 0 Å². The molecular formula is C48H40N6O6. The highest BCUT2D eigenvalue weighted by Gasteiger charge is 2.42. The van der Waals surface area contributed by atoms with Crippen molar-refractivity contribution in [2.75, 3.05) is 22.9 Å². The van der Waals surface area contributed by atoms with Gasteiger partial charge in [0.25, 0.3) is 23.6 Å². The Morgan fingerprint density at radius 1 is 0.433 bits per heavy atom. The molecule has 60 heavy (non-hydrogen) atoms. The molecule has 0 bridgehead atoms. The van der Waals surface area contributed by atoms with Gasteiger partial charge in [0.2, 0.25) is 0 Å². The van der Waals surface area contributed by atoms with Crippen molar-refractivity contribution < 1.29 is 28.8 Å². The average molecular weight is 797 g/mol. The number of nitrogens with one attached hydrogen (secondary N) is 2. The van der Waals surface area contributed by atoms with Crippen molar-refractivity contribution in [2.45, 2.75) is 25.2 Å². The Hall–Kier alpha value is -7.86. The maximum Gasteiger partial charge on any atom is 0.329 e. The second-order valence-electron chi connectivity index (χ2n) is 14.5. The van der Waals surface area contributed by atoms with Gasteiger partial charge in [-0.05, 0) is 70.8 Å². The first-order valence-corrected chi connectivity index (χ1v) is 19.5. The van der Waals surface area contributed by atoms with Crippen LogP contribution in [0.4, 0.5) is 21.0 Å². The number of imide groups is 2. The predicted octanol–water partition coefficient (Wildman–Crippen LogP) is 6.89. The average Bonchev–Trinajstić information content (AvgIpc) is 3.74. The Bertz CT molecular complexity index is 2340. The first kappa shape index (κ1) is 39.0. The molecule has 0 aliphatic carbocycles. The van der Waals surface area contributed by atoms with Gasteiger partial charge in [0, 0.05) is 24.2 Å². The van der Waals surface area contributed by atoms with Gasteiger partial charge in [-0.15, -0.1) is 0 Å². The van der Waals surface area contributed by atoms with Crippen LogP contribution < -0.4 is 20.4 Å². The molecule has 6 aromatic rings. The lowest BCUT2D eigenvalue weighted by Crippen LogP contribution is -2.44. The maximum absolute atomic E-state index is 14.1. The molecule has 0 aromatic heterocycles. The van der Waals surface area contributed by atoms with E-state index >= 15 is 0 Å². The monoisotopic (exact) mass is 796 g/mol. The number of rotatable bonds is 13. The Balaban J connectivity index is 0.977. The van der Waals surface area contributed by atoms with Gasteiger partial charge in [-0.1, -0.05) is 121 Å². The van der Waals surface area contributed by atoms with Gasteiger partial charge in [-0.3, -0.25) is 19.2 Å². The number of nitrogens with zero attached hydrogens (tertiary/aromatic N) is 4. The van der Waals surface area contributed by atoms with Crippen molar-refractivity contribution >= 4 is 47.1 Å². The predicted molar refractivity (Wildman–Crippen MR) is 227 cm³/mol. The summed E-state index contributed by atoms with van der Waals surface area (Å²) in [6, 6.07) is 47.4. The summed E-state index contributed by atoms with van der Waals surface area (Å²) in [6.07, 6.45) is 0. The van der Waals surface area contributed by atoms with E-state index in [1.165, 1.54) is 0 Å². The van der Waals surface area contributed by atoms with E-state index in [-0.39, 0.29) is 38.0 Å². The number of urea groups is 2. The van der Waals surface area contributed by atoms with Crippen molar-refractivity contribution in [1.29, 1.82) is 0 Å². The van der Waals surface area contributed by atoms with E-state index in [1.807, 2.05) is 84.9 Å². The van der Waals surface area contributed by atoms with Crippen LogP contribution in [0.15, 0.2) is 170 Å². The van der Waals surface area contributed by atoms with Crippen LogP contribution in [0.25, 0.3) is 11.1 Å². The summed E-state index contributed by atoms with van der Waals surface area (Å²) < 4.78 is 0. The minimum absolute atomic E-state index is 0.0350. The molecule has 2 fully saturated rings. The van der Waals surface area contributed by atoms with Crippen LogP contribution in [0.3, 0.4) is 0 Å². The summed E-state index contributed by atoms with van der Waals surface area (Å²) in [5, 5.41) is 5.50. The molecular weight excluding hydrogens is 757 g/mol. The fourth-order valence-electron chi connectivity index (χ4n) is 7.42. The molecule has 6 aromatic carbocycles. The molecule has 2 atom stereocenters. The number of para-hydroxylation sites is 2. The van der Waals surface area contributed by atoms with E-state index < -0.39 is 36.0 Å². The lowest BCUT2D eigenvalue weighted by Gasteiger charge is -2.25. The summed E-state index contributed by atoms with van der Waals surface area (Å²) >= 11 is 0. The number of hydrogen-bond donors (Lipinski definition) is 2. The molecule has 2 aliphatic heterocycles. The van der Waals surface area contributed by atoms with Crippen LogP contribution in [-0.2, 0) is 22.7 Å². The molecule has 2 saturated heterocycles. The molecule has 2 unspecified atom stereocenters. The number of amides is 8. The third-order valence-electron chi connectivity index (χ3n) is 10.5. The second kappa shape index (κ2) is 17.3. The van der Waals surface area contributed by atoms with Crippen LogP contribution in [0.1, 0.15) is 31.8 Å². The van der Waals surface area contributed by atoms with Crippen LogP contribution in [-0.4, -0.2) is 70.7 Å².